The zero-order valence-corrected chi connectivity index (χ0v) is 15.4. The van der Waals surface area contributed by atoms with Crippen LogP contribution in [0, 0.1) is 5.41 Å². The highest BCUT2D eigenvalue weighted by Gasteiger charge is 2.29. The van der Waals surface area contributed by atoms with Gasteiger partial charge in [-0.2, -0.15) is 0 Å². The van der Waals surface area contributed by atoms with E-state index in [2.05, 4.69) is 46.5 Å². The molecule has 0 aliphatic heterocycles. The number of nitrogens with two attached hydrogens (primary N) is 1. The molecule has 0 spiro atoms. The smallest absolute Gasteiger partial charge is 0.137 e. The van der Waals surface area contributed by atoms with Crippen molar-refractivity contribution in [2.75, 3.05) is 13.2 Å². The van der Waals surface area contributed by atoms with Crippen LogP contribution in [0.3, 0.4) is 0 Å². The summed E-state index contributed by atoms with van der Waals surface area (Å²) in [6.07, 6.45) is 3.25. The molecular formula is C20H34NO2+. The summed E-state index contributed by atoms with van der Waals surface area (Å²) in [5, 5.41) is 12.4. The first-order valence-electron chi connectivity index (χ1n) is 8.47. The van der Waals surface area contributed by atoms with E-state index < -0.39 is 6.10 Å². The molecule has 1 aromatic carbocycles. The normalized spacial score (nSPS) is 13.7. The predicted molar refractivity (Wildman–Crippen MR) is 96.8 cm³/mol. The monoisotopic (exact) mass is 320 g/mol. The molecule has 3 heteroatoms. The molecule has 1 rings (SSSR count). The van der Waals surface area contributed by atoms with Gasteiger partial charge in [-0.05, 0) is 37.3 Å². The van der Waals surface area contributed by atoms with Gasteiger partial charge in [0, 0.05) is 6.42 Å². The zero-order valence-electron chi connectivity index (χ0n) is 15.4. The maximum absolute atomic E-state index is 10.2. The number of benzene rings is 1. The molecule has 3 nitrogen and oxygen atoms in total. The predicted octanol–water partition coefficient (Wildman–Crippen LogP) is 2.93. The molecule has 23 heavy (non-hydrogen) atoms. The number of hydrogen-bond donors (Lipinski definition) is 2. The van der Waals surface area contributed by atoms with Gasteiger partial charge in [0.2, 0.25) is 0 Å². The maximum Gasteiger partial charge on any atom is 0.137 e. The minimum atomic E-state index is -0.481. The van der Waals surface area contributed by atoms with E-state index in [9.17, 15) is 5.11 Å². The van der Waals surface area contributed by atoms with Crippen LogP contribution in [0.1, 0.15) is 46.6 Å². The van der Waals surface area contributed by atoms with Crippen LogP contribution in [0.15, 0.2) is 36.9 Å². The number of ether oxygens (including phenoxy) is 1. The molecule has 0 radical (unpaired) electrons. The SMILES string of the molecule is C=CCc1ccccc1OC[C@H](O)C[NH2+]C(C)(C)CC(C)(C)C. The molecular weight excluding hydrogens is 286 g/mol. The highest BCUT2D eigenvalue weighted by Crippen LogP contribution is 2.24. The quantitative estimate of drug-likeness (QED) is 0.687. The molecule has 0 saturated carbocycles. The van der Waals surface area contributed by atoms with Gasteiger partial charge in [-0.3, -0.25) is 0 Å². The second-order valence-electron chi connectivity index (χ2n) is 8.23. The van der Waals surface area contributed by atoms with E-state index >= 15 is 0 Å². The molecule has 0 saturated heterocycles. The second kappa shape index (κ2) is 8.51. The van der Waals surface area contributed by atoms with E-state index in [4.69, 9.17) is 4.74 Å². The van der Waals surface area contributed by atoms with Crippen molar-refractivity contribution in [3.63, 3.8) is 0 Å². The van der Waals surface area contributed by atoms with E-state index in [1.54, 1.807) is 0 Å². The van der Waals surface area contributed by atoms with Crippen molar-refractivity contribution < 1.29 is 15.2 Å². The van der Waals surface area contributed by atoms with Crippen LogP contribution in [0.25, 0.3) is 0 Å². The molecule has 0 unspecified atom stereocenters. The van der Waals surface area contributed by atoms with E-state index in [-0.39, 0.29) is 11.0 Å². The van der Waals surface area contributed by atoms with Crippen LogP contribution in [0.4, 0.5) is 0 Å². The Morgan fingerprint density at radius 1 is 1.22 bits per heavy atom. The third-order valence-corrected chi connectivity index (χ3v) is 3.70. The summed E-state index contributed by atoms with van der Waals surface area (Å²) < 4.78 is 5.80. The van der Waals surface area contributed by atoms with Gasteiger partial charge >= 0.3 is 0 Å². The Morgan fingerprint density at radius 2 is 1.87 bits per heavy atom. The van der Waals surface area contributed by atoms with Crippen LogP contribution >= 0.6 is 0 Å². The molecule has 0 bridgehead atoms. The minimum absolute atomic E-state index is 0.111. The van der Waals surface area contributed by atoms with Crippen molar-refractivity contribution in [1.82, 2.24) is 0 Å². The summed E-state index contributed by atoms with van der Waals surface area (Å²) in [5.74, 6) is 0.834. The van der Waals surface area contributed by atoms with Crippen LogP contribution in [0.5, 0.6) is 5.75 Å². The number of hydrogen-bond acceptors (Lipinski definition) is 2. The van der Waals surface area contributed by atoms with E-state index in [0.29, 0.717) is 13.2 Å². The highest BCUT2D eigenvalue weighted by atomic mass is 16.5. The third kappa shape index (κ3) is 8.19. The summed E-state index contributed by atoms with van der Waals surface area (Å²) in [7, 11) is 0. The van der Waals surface area contributed by atoms with Gasteiger partial charge in [0.25, 0.3) is 0 Å². The Hall–Kier alpha value is -1.32. The summed E-state index contributed by atoms with van der Waals surface area (Å²) in [6.45, 7) is 15.9. The van der Waals surface area contributed by atoms with Crippen LogP contribution < -0.4 is 10.1 Å². The number of allylic oxidation sites excluding steroid dienone is 1. The van der Waals surface area contributed by atoms with Crippen LogP contribution in [-0.2, 0) is 6.42 Å². The molecule has 3 N–H and O–H groups in total. The number of para-hydroxylation sites is 1. The Morgan fingerprint density at radius 3 is 2.48 bits per heavy atom. The van der Waals surface area contributed by atoms with Crippen LogP contribution in [0.2, 0.25) is 0 Å². The molecule has 0 fully saturated rings. The van der Waals surface area contributed by atoms with Gasteiger partial charge < -0.3 is 15.2 Å². The fourth-order valence-electron chi connectivity index (χ4n) is 3.12. The Balaban J connectivity index is 2.46. The standard InChI is InChI=1S/C20H33NO2/c1-7-10-16-11-8-9-12-18(16)23-14-17(22)13-21-20(5,6)15-19(2,3)4/h7-9,11-12,17,21-22H,1,10,13-15H2,2-6H3/p+1/t17-/m1/s1. The van der Waals surface area contributed by atoms with Gasteiger partial charge in [-0.15, -0.1) is 6.58 Å². The van der Waals surface area contributed by atoms with Crippen molar-refractivity contribution in [3.05, 3.63) is 42.5 Å². The first kappa shape index (κ1) is 19.7. The largest absolute Gasteiger partial charge is 0.490 e. The molecule has 130 valence electrons. The molecule has 0 aliphatic carbocycles. The number of rotatable bonds is 9. The maximum atomic E-state index is 10.2. The van der Waals surface area contributed by atoms with E-state index in [1.165, 1.54) is 0 Å². The van der Waals surface area contributed by atoms with Crippen molar-refractivity contribution in [3.8, 4) is 5.75 Å². The third-order valence-electron chi connectivity index (χ3n) is 3.70. The van der Waals surface area contributed by atoms with E-state index in [1.807, 2.05) is 30.3 Å². The van der Waals surface area contributed by atoms with Gasteiger partial charge in [-0.1, -0.05) is 45.0 Å². The first-order chi connectivity index (χ1) is 10.6. The highest BCUT2D eigenvalue weighted by molar-refractivity contribution is 5.34. The van der Waals surface area contributed by atoms with Gasteiger partial charge in [0.05, 0.1) is 5.54 Å². The lowest BCUT2D eigenvalue weighted by molar-refractivity contribution is -0.727. The lowest BCUT2D eigenvalue weighted by Gasteiger charge is -2.31. The van der Waals surface area contributed by atoms with Crippen molar-refractivity contribution >= 4 is 0 Å². The number of quaternary nitrogens is 1. The summed E-state index contributed by atoms with van der Waals surface area (Å²) in [4.78, 5) is 0. The number of aliphatic hydroxyl groups is 1. The Bertz CT molecular complexity index is 489. The van der Waals surface area contributed by atoms with Gasteiger partial charge in [0.15, 0.2) is 0 Å². The first-order valence-corrected chi connectivity index (χ1v) is 8.47. The van der Waals surface area contributed by atoms with Gasteiger partial charge in [0.1, 0.15) is 25.0 Å². The molecule has 0 aromatic heterocycles. The van der Waals surface area contributed by atoms with Gasteiger partial charge in [-0.25, -0.2) is 0 Å². The summed E-state index contributed by atoms with van der Waals surface area (Å²) in [5.41, 5.74) is 1.50. The average Bonchev–Trinajstić information content (AvgIpc) is 2.42. The fourth-order valence-corrected chi connectivity index (χ4v) is 3.12. The summed E-state index contributed by atoms with van der Waals surface area (Å²) >= 11 is 0. The minimum Gasteiger partial charge on any atom is -0.490 e. The van der Waals surface area contributed by atoms with Crippen LogP contribution in [-0.4, -0.2) is 29.9 Å². The Labute approximate surface area is 141 Å². The molecule has 1 aromatic rings. The average molecular weight is 320 g/mol. The fraction of sp³-hybridized carbons (Fsp3) is 0.600. The molecule has 0 heterocycles. The van der Waals surface area contributed by atoms with Crippen molar-refractivity contribution in [2.45, 2.75) is 59.1 Å². The zero-order chi connectivity index (χ0) is 17.5. The van der Waals surface area contributed by atoms with E-state index in [0.717, 1.165) is 24.2 Å². The lowest BCUT2D eigenvalue weighted by atomic mass is 9.82. The summed E-state index contributed by atoms with van der Waals surface area (Å²) in [6, 6.07) is 7.92. The second-order valence-corrected chi connectivity index (χ2v) is 8.23. The van der Waals surface area contributed by atoms with Crippen molar-refractivity contribution in [1.29, 1.82) is 0 Å². The Kier molecular flexibility index (Phi) is 7.30. The lowest BCUT2D eigenvalue weighted by Crippen LogP contribution is -2.97. The molecule has 0 amide bonds. The van der Waals surface area contributed by atoms with Crippen molar-refractivity contribution in [2.24, 2.45) is 5.41 Å². The number of aliphatic hydroxyl groups excluding tert-OH is 1. The molecule has 0 aliphatic rings. The molecule has 1 atom stereocenters. The topological polar surface area (TPSA) is 46.1 Å².